The van der Waals surface area contributed by atoms with E-state index in [1.54, 1.807) is 16.7 Å². The lowest BCUT2D eigenvalue weighted by Gasteiger charge is -2.33. The Labute approximate surface area is 254 Å². The van der Waals surface area contributed by atoms with Gasteiger partial charge in [0, 0.05) is 29.0 Å². The minimum absolute atomic E-state index is 0.193. The van der Waals surface area contributed by atoms with Crippen LogP contribution in [0.1, 0.15) is 25.7 Å². The summed E-state index contributed by atoms with van der Waals surface area (Å²) in [4.78, 5) is 41.4. The highest BCUT2D eigenvalue weighted by molar-refractivity contribution is 9.10. The van der Waals surface area contributed by atoms with E-state index in [0.717, 1.165) is 39.5 Å². The number of hydrogen-bond acceptors (Lipinski definition) is 11. The topological polar surface area (TPSA) is 147 Å². The number of nitrogens with one attached hydrogen (secondary N) is 1. The maximum atomic E-state index is 13.1. The van der Waals surface area contributed by atoms with Crippen LogP contribution in [0.25, 0.3) is 11.2 Å². The van der Waals surface area contributed by atoms with Gasteiger partial charge in [0.15, 0.2) is 33.6 Å². The van der Waals surface area contributed by atoms with Gasteiger partial charge in [-0.15, -0.1) is 0 Å². The van der Waals surface area contributed by atoms with Crippen molar-refractivity contribution in [3.8, 4) is 11.5 Å². The molecule has 2 aromatic heterocycles. The summed E-state index contributed by atoms with van der Waals surface area (Å²) >= 11 is 6.74. The molecule has 0 saturated carbocycles. The number of carbonyl (C=O) groups excluding carboxylic acids is 2. The number of halogens is 1. The lowest BCUT2D eigenvalue weighted by molar-refractivity contribution is -0.142. The number of amides is 2. The summed E-state index contributed by atoms with van der Waals surface area (Å²) in [6, 6.07) is 2.93. The van der Waals surface area contributed by atoms with Crippen LogP contribution < -0.4 is 20.5 Å². The highest BCUT2D eigenvalue weighted by Crippen LogP contribution is 2.43. The minimum atomic E-state index is -0.655. The first-order valence-electron chi connectivity index (χ1n) is 13.2. The smallest absolute Gasteiger partial charge is 0.328 e. The van der Waals surface area contributed by atoms with Crippen LogP contribution in [0.5, 0.6) is 11.5 Å². The predicted molar refractivity (Wildman–Crippen MR) is 160 cm³/mol. The molecule has 15 heteroatoms. The molecule has 4 heterocycles. The van der Waals surface area contributed by atoms with Gasteiger partial charge < -0.3 is 34.7 Å². The predicted octanol–water partition coefficient (Wildman–Crippen LogP) is 4.16. The van der Waals surface area contributed by atoms with Crippen molar-refractivity contribution in [1.29, 1.82) is 0 Å². The molecule has 2 atom stereocenters. The lowest BCUT2D eigenvalue weighted by atomic mass is 9.95. The highest BCUT2D eigenvalue weighted by atomic mass is 79.9. The van der Waals surface area contributed by atoms with E-state index in [0.29, 0.717) is 54.5 Å². The number of rotatable bonds is 10. The first kappa shape index (κ1) is 29.6. The number of aryl methyl sites for hydroxylation is 1. The molecule has 41 heavy (non-hydrogen) atoms. The molecule has 2 amide bonds. The van der Waals surface area contributed by atoms with Gasteiger partial charge in [-0.3, -0.25) is 0 Å². The van der Waals surface area contributed by atoms with Crippen molar-refractivity contribution in [1.82, 2.24) is 29.7 Å². The van der Waals surface area contributed by atoms with Gasteiger partial charge in [-0.25, -0.2) is 24.5 Å². The summed E-state index contributed by atoms with van der Waals surface area (Å²) in [7, 11) is 1.34. The van der Waals surface area contributed by atoms with Crippen molar-refractivity contribution in [2.45, 2.75) is 48.3 Å². The Morgan fingerprint density at radius 1 is 1.29 bits per heavy atom. The third-order valence-corrected chi connectivity index (χ3v) is 9.73. The summed E-state index contributed by atoms with van der Waals surface area (Å²) in [6.45, 7) is 2.08. The third-order valence-electron chi connectivity index (χ3n) is 7.11. The number of thioether (sulfide) groups is 1. The summed E-state index contributed by atoms with van der Waals surface area (Å²) in [5.41, 5.74) is 7.38. The molecule has 3 aromatic rings. The van der Waals surface area contributed by atoms with Crippen molar-refractivity contribution in [2.75, 3.05) is 44.7 Å². The maximum absolute atomic E-state index is 13.1. The van der Waals surface area contributed by atoms with Crippen LogP contribution in [-0.4, -0.2) is 81.5 Å². The number of imidazole rings is 1. The van der Waals surface area contributed by atoms with Crippen molar-refractivity contribution < 1.29 is 23.8 Å². The normalized spacial score (nSPS) is 17.0. The standard InChI is InChI=1S/C26H32BrN7O5S2/c1-37-24(35)17(6-9-40-2)31-25(36)33-7-3-4-15(12-33)5-8-34-23-21(22(28)29-13-30-23)32-26(34)41-20-11-19-18(10-16(20)27)38-14-39-19/h10-11,13,15,17H,3-9,12,14H2,1-2H3,(H,31,36)(H2,28,29,30)/t15?,17-/m0/s1. The Bertz CT molecular complexity index is 1420. The van der Waals surface area contributed by atoms with Gasteiger partial charge in [0.2, 0.25) is 6.79 Å². The van der Waals surface area contributed by atoms with Crippen LogP contribution in [0.3, 0.4) is 0 Å². The molecule has 1 saturated heterocycles. The van der Waals surface area contributed by atoms with Crippen molar-refractivity contribution in [3.63, 3.8) is 0 Å². The van der Waals surface area contributed by atoms with E-state index < -0.39 is 12.0 Å². The molecule has 0 spiro atoms. The third kappa shape index (κ3) is 6.78. The Hall–Kier alpha value is -2.91. The number of piperidine rings is 1. The number of nitrogens with zero attached hydrogens (tertiary/aromatic N) is 5. The second-order valence-electron chi connectivity index (χ2n) is 9.76. The number of esters is 1. The molecular weight excluding hydrogens is 634 g/mol. The first-order chi connectivity index (χ1) is 19.9. The fourth-order valence-corrected chi connectivity index (χ4v) is 6.93. The molecule has 1 unspecified atom stereocenters. The lowest BCUT2D eigenvalue weighted by Crippen LogP contribution is -2.51. The number of nitrogens with two attached hydrogens (primary N) is 1. The number of methoxy groups -OCH3 is 1. The number of anilines is 1. The molecule has 0 aliphatic carbocycles. The first-order valence-corrected chi connectivity index (χ1v) is 16.2. The van der Waals surface area contributed by atoms with Crippen molar-refractivity contribution in [2.24, 2.45) is 5.92 Å². The van der Waals surface area contributed by atoms with E-state index >= 15 is 0 Å². The van der Waals surface area contributed by atoms with Crippen LogP contribution in [0.2, 0.25) is 0 Å². The highest BCUT2D eigenvalue weighted by Gasteiger charge is 2.28. The van der Waals surface area contributed by atoms with E-state index in [-0.39, 0.29) is 18.7 Å². The van der Waals surface area contributed by atoms with Crippen LogP contribution in [0.15, 0.2) is 33.0 Å². The molecule has 2 aliphatic heterocycles. The Balaban J connectivity index is 1.30. The van der Waals surface area contributed by atoms with Gasteiger partial charge in [-0.1, -0.05) is 11.8 Å². The fraction of sp³-hybridized carbons (Fsp3) is 0.500. The van der Waals surface area contributed by atoms with Gasteiger partial charge in [0.1, 0.15) is 12.4 Å². The fourth-order valence-electron chi connectivity index (χ4n) is 4.95. The molecular formula is C26H32BrN7O5S2. The number of carbonyl (C=O) groups is 2. The Morgan fingerprint density at radius 3 is 2.88 bits per heavy atom. The summed E-state index contributed by atoms with van der Waals surface area (Å²) < 4.78 is 18.9. The van der Waals surface area contributed by atoms with Gasteiger partial charge in [-0.05, 0) is 71.7 Å². The molecule has 220 valence electrons. The number of ether oxygens (including phenoxy) is 3. The number of likely N-dealkylation sites (tertiary alicyclic amines) is 1. The van der Waals surface area contributed by atoms with Crippen LogP contribution in [0.4, 0.5) is 10.6 Å². The molecule has 1 fully saturated rings. The van der Waals surface area contributed by atoms with Gasteiger partial charge in [0.25, 0.3) is 0 Å². The number of nitrogen functional groups attached to an aromatic ring is 1. The van der Waals surface area contributed by atoms with E-state index in [1.165, 1.54) is 25.2 Å². The molecule has 5 rings (SSSR count). The van der Waals surface area contributed by atoms with Crippen molar-refractivity contribution in [3.05, 3.63) is 22.9 Å². The monoisotopic (exact) mass is 665 g/mol. The SMILES string of the molecule is COC(=O)[C@H](CCSC)NC(=O)N1CCCC(CCn2c(Sc3cc4c(cc3Br)OCO4)nc3c(N)ncnc32)C1. The number of hydrogen-bond donors (Lipinski definition) is 2. The molecule has 0 bridgehead atoms. The average Bonchev–Trinajstić information content (AvgIpc) is 3.58. The maximum Gasteiger partial charge on any atom is 0.328 e. The zero-order chi connectivity index (χ0) is 28.9. The van der Waals surface area contributed by atoms with Gasteiger partial charge >= 0.3 is 12.0 Å². The van der Waals surface area contributed by atoms with Crippen LogP contribution in [-0.2, 0) is 16.1 Å². The molecule has 12 nitrogen and oxygen atoms in total. The quantitative estimate of drug-likeness (QED) is 0.301. The zero-order valence-electron chi connectivity index (χ0n) is 22.8. The molecule has 3 N–H and O–H groups in total. The number of fused-ring (bicyclic) bond motifs is 2. The molecule has 2 aliphatic rings. The summed E-state index contributed by atoms with van der Waals surface area (Å²) in [5.74, 6) is 2.29. The average molecular weight is 667 g/mol. The molecule has 1 aromatic carbocycles. The van der Waals surface area contributed by atoms with E-state index in [1.807, 2.05) is 18.4 Å². The van der Waals surface area contributed by atoms with Gasteiger partial charge in [-0.2, -0.15) is 11.8 Å². The van der Waals surface area contributed by atoms with Gasteiger partial charge in [0.05, 0.1) is 7.11 Å². The van der Waals surface area contributed by atoms with E-state index in [9.17, 15) is 9.59 Å². The van der Waals surface area contributed by atoms with E-state index in [4.69, 9.17) is 24.9 Å². The number of aromatic nitrogens is 4. The van der Waals surface area contributed by atoms with E-state index in [2.05, 4.69) is 35.8 Å². The zero-order valence-corrected chi connectivity index (χ0v) is 26.0. The Morgan fingerprint density at radius 2 is 2.10 bits per heavy atom. The summed E-state index contributed by atoms with van der Waals surface area (Å²) in [5, 5.41) is 3.61. The Kier molecular flexibility index (Phi) is 9.65. The number of benzene rings is 1. The molecule has 0 radical (unpaired) electrons. The van der Waals surface area contributed by atoms with Crippen molar-refractivity contribution >= 4 is 68.4 Å². The van der Waals surface area contributed by atoms with Crippen LogP contribution >= 0.6 is 39.5 Å². The second kappa shape index (κ2) is 13.4. The largest absolute Gasteiger partial charge is 0.467 e. The number of urea groups is 1. The second-order valence-corrected chi connectivity index (χ2v) is 12.6. The van der Waals surface area contributed by atoms with Crippen LogP contribution in [0, 0.1) is 5.92 Å². The minimum Gasteiger partial charge on any atom is -0.467 e. The summed E-state index contributed by atoms with van der Waals surface area (Å²) in [6.07, 6.45) is 6.63.